The minimum absolute atomic E-state index is 0.368. The van der Waals surface area contributed by atoms with E-state index in [-0.39, 0.29) is 6.54 Å². The molecule has 0 spiro atoms. The highest BCUT2D eigenvalue weighted by Crippen LogP contribution is 2.34. The van der Waals surface area contributed by atoms with Gasteiger partial charge in [-0.2, -0.15) is 0 Å². The Balaban J connectivity index is 3.21. The number of hydrogen-bond donors (Lipinski definition) is 4. The second-order valence-corrected chi connectivity index (χ2v) is 4.61. The van der Waals surface area contributed by atoms with Crippen LogP contribution in [0.4, 0.5) is 0 Å². The van der Waals surface area contributed by atoms with Crippen molar-refractivity contribution < 1.29 is 29.4 Å². The summed E-state index contributed by atoms with van der Waals surface area (Å²) in [6.45, 7) is -0.917. The first-order valence-corrected chi connectivity index (χ1v) is 5.89. The van der Waals surface area contributed by atoms with E-state index in [1.54, 1.807) is 0 Å². The molecule has 1 rings (SSSR count). The van der Waals surface area contributed by atoms with E-state index in [2.05, 4.69) is 0 Å². The van der Waals surface area contributed by atoms with Gasteiger partial charge in [-0.3, -0.25) is 19.2 Å². The van der Waals surface area contributed by atoms with Crippen molar-refractivity contribution in [2.45, 2.75) is 18.5 Å². The first-order chi connectivity index (χ1) is 9.67. The van der Waals surface area contributed by atoms with Crippen LogP contribution in [0.2, 0.25) is 0 Å². The highest BCUT2D eigenvalue weighted by atomic mass is 16.4. The lowest BCUT2D eigenvalue weighted by Gasteiger charge is -2.43. The third kappa shape index (κ3) is 3.84. The van der Waals surface area contributed by atoms with Gasteiger partial charge in [0.1, 0.15) is 12.2 Å². The molecule has 0 saturated carbocycles. The van der Waals surface area contributed by atoms with Crippen LogP contribution in [0.5, 0.6) is 0 Å². The van der Waals surface area contributed by atoms with Gasteiger partial charge < -0.3 is 31.5 Å². The normalized spacial score (nSPS) is 20.6. The number of carboxylic acids is 2. The van der Waals surface area contributed by atoms with E-state index < -0.39 is 48.8 Å². The molecule has 1 unspecified atom stereocenters. The van der Waals surface area contributed by atoms with Crippen LogP contribution >= 0.6 is 0 Å². The molecule has 0 aromatic carbocycles. The molecule has 6 N–H and O–H groups in total. The Morgan fingerprint density at radius 1 is 0.857 bits per heavy atom. The number of carbonyl (C=O) groups excluding carboxylic acids is 2. The van der Waals surface area contributed by atoms with Crippen LogP contribution in [0.1, 0.15) is 12.8 Å². The van der Waals surface area contributed by atoms with Gasteiger partial charge in [-0.05, 0) is 0 Å². The molecule has 0 bridgehead atoms. The van der Waals surface area contributed by atoms with Crippen molar-refractivity contribution in [1.82, 2.24) is 9.80 Å². The van der Waals surface area contributed by atoms with Crippen LogP contribution in [0.3, 0.4) is 0 Å². The molecular formula is C11H16N4O6. The molecule has 21 heavy (non-hydrogen) atoms. The predicted octanol–water partition coefficient (Wildman–Crippen LogP) is -2.31. The SMILES string of the molecule is NC(=O)CN1C=CN(CC(=O)O)C1(CC(N)=O)CC(=O)O. The zero-order valence-corrected chi connectivity index (χ0v) is 11.1. The van der Waals surface area contributed by atoms with Crippen LogP contribution in [0, 0.1) is 0 Å². The van der Waals surface area contributed by atoms with E-state index in [9.17, 15) is 19.2 Å². The number of nitrogens with two attached hydrogens (primary N) is 2. The molecule has 0 aromatic heterocycles. The molecule has 0 aromatic rings. The maximum atomic E-state index is 11.3. The van der Waals surface area contributed by atoms with Crippen molar-refractivity contribution in [3.05, 3.63) is 12.4 Å². The zero-order valence-electron chi connectivity index (χ0n) is 11.1. The van der Waals surface area contributed by atoms with Gasteiger partial charge >= 0.3 is 11.9 Å². The Morgan fingerprint density at radius 3 is 1.76 bits per heavy atom. The summed E-state index contributed by atoms with van der Waals surface area (Å²) in [5.41, 5.74) is 8.67. The summed E-state index contributed by atoms with van der Waals surface area (Å²) < 4.78 is 0. The summed E-state index contributed by atoms with van der Waals surface area (Å²) in [6, 6.07) is 0. The Hall–Kier alpha value is -2.78. The maximum absolute atomic E-state index is 11.3. The molecule has 2 amide bonds. The average molecular weight is 300 g/mol. The molecule has 1 aliphatic rings. The monoisotopic (exact) mass is 300 g/mol. The number of hydrogen-bond acceptors (Lipinski definition) is 6. The molecule has 0 fully saturated rings. The predicted molar refractivity (Wildman–Crippen MR) is 68.2 cm³/mol. The first kappa shape index (κ1) is 16.3. The van der Waals surface area contributed by atoms with Gasteiger partial charge in [0.25, 0.3) is 0 Å². The van der Waals surface area contributed by atoms with Crippen molar-refractivity contribution in [3.8, 4) is 0 Å². The van der Waals surface area contributed by atoms with Gasteiger partial charge in [-0.15, -0.1) is 0 Å². The lowest BCUT2D eigenvalue weighted by atomic mass is 9.98. The number of carbonyl (C=O) groups is 4. The quantitative estimate of drug-likeness (QED) is 0.388. The third-order valence-electron chi connectivity index (χ3n) is 3.02. The topological polar surface area (TPSA) is 167 Å². The van der Waals surface area contributed by atoms with E-state index >= 15 is 0 Å². The Bertz CT molecular complexity index is 459. The smallest absolute Gasteiger partial charge is 0.323 e. The van der Waals surface area contributed by atoms with E-state index in [1.165, 1.54) is 17.3 Å². The Labute approximate surface area is 119 Å². The van der Waals surface area contributed by atoms with E-state index in [0.29, 0.717) is 0 Å². The molecule has 1 heterocycles. The number of amides is 2. The highest BCUT2D eigenvalue weighted by Gasteiger charge is 2.47. The summed E-state index contributed by atoms with van der Waals surface area (Å²) in [4.78, 5) is 46.8. The van der Waals surface area contributed by atoms with Gasteiger partial charge in [-0.1, -0.05) is 0 Å². The minimum atomic E-state index is -1.56. The molecule has 116 valence electrons. The second-order valence-electron chi connectivity index (χ2n) is 4.61. The van der Waals surface area contributed by atoms with Crippen LogP contribution in [0.15, 0.2) is 12.4 Å². The number of aliphatic carboxylic acids is 2. The number of nitrogens with zero attached hydrogens (tertiary/aromatic N) is 2. The van der Waals surface area contributed by atoms with E-state index in [1.807, 2.05) is 0 Å². The second kappa shape index (κ2) is 6.11. The van der Waals surface area contributed by atoms with Gasteiger partial charge in [0.05, 0.1) is 19.4 Å². The van der Waals surface area contributed by atoms with E-state index in [0.717, 1.165) is 4.90 Å². The summed E-state index contributed by atoms with van der Waals surface area (Å²) in [7, 11) is 0. The fourth-order valence-corrected chi connectivity index (χ4v) is 2.31. The van der Waals surface area contributed by atoms with Crippen molar-refractivity contribution in [1.29, 1.82) is 0 Å². The Morgan fingerprint density at radius 2 is 1.38 bits per heavy atom. The molecule has 0 saturated heterocycles. The molecule has 0 radical (unpaired) electrons. The van der Waals surface area contributed by atoms with Gasteiger partial charge in [0.2, 0.25) is 11.8 Å². The van der Waals surface area contributed by atoms with Crippen molar-refractivity contribution in [2.24, 2.45) is 11.5 Å². The molecule has 10 heteroatoms. The van der Waals surface area contributed by atoms with Crippen LogP contribution in [0.25, 0.3) is 0 Å². The summed E-state index contributed by atoms with van der Waals surface area (Å²) in [6.07, 6.45) is 1.54. The van der Waals surface area contributed by atoms with Gasteiger partial charge in [0, 0.05) is 12.4 Å². The zero-order chi connectivity index (χ0) is 16.2. The number of carboxylic acid groups (broad SMARTS) is 2. The van der Waals surface area contributed by atoms with E-state index in [4.69, 9.17) is 21.7 Å². The largest absolute Gasteiger partial charge is 0.481 e. The molecule has 1 atom stereocenters. The van der Waals surface area contributed by atoms with Crippen molar-refractivity contribution in [2.75, 3.05) is 13.1 Å². The minimum Gasteiger partial charge on any atom is -0.481 e. The van der Waals surface area contributed by atoms with Gasteiger partial charge in [0.15, 0.2) is 0 Å². The summed E-state index contributed by atoms with van der Waals surface area (Å²) in [5.74, 6) is -4.08. The Kier molecular flexibility index (Phi) is 4.74. The first-order valence-electron chi connectivity index (χ1n) is 5.89. The van der Waals surface area contributed by atoms with Crippen LogP contribution < -0.4 is 11.5 Å². The molecule has 1 aliphatic heterocycles. The number of rotatable bonds is 8. The molecule has 10 nitrogen and oxygen atoms in total. The summed E-state index contributed by atoms with van der Waals surface area (Å²) >= 11 is 0. The van der Waals surface area contributed by atoms with Crippen molar-refractivity contribution >= 4 is 23.8 Å². The lowest BCUT2D eigenvalue weighted by molar-refractivity contribution is -0.150. The highest BCUT2D eigenvalue weighted by molar-refractivity contribution is 5.80. The third-order valence-corrected chi connectivity index (χ3v) is 3.02. The lowest BCUT2D eigenvalue weighted by Crippen LogP contribution is -2.59. The fraction of sp³-hybridized carbons (Fsp3) is 0.455. The maximum Gasteiger partial charge on any atom is 0.323 e. The van der Waals surface area contributed by atoms with Gasteiger partial charge in [-0.25, -0.2) is 0 Å². The van der Waals surface area contributed by atoms with Crippen molar-refractivity contribution in [3.63, 3.8) is 0 Å². The van der Waals surface area contributed by atoms with Crippen LogP contribution in [-0.4, -0.2) is 62.5 Å². The van der Waals surface area contributed by atoms with Crippen LogP contribution in [-0.2, 0) is 19.2 Å². The molecular weight excluding hydrogens is 284 g/mol. The number of primary amides is 2. The summed E-state index contributed by atoms with van der Waals surface area (Å²) in [5, 5.41) is 18.0. The fourth-order valence-electron chi connectivity index (χ4n) is 2.31. The molecule has 0 aliphatic carbocycles. The average Bonchev–Trinajstić information content (AvgIpc) is 2.55. The standard InChI is InChI=1S/C11H16N4O6/c12-7(16)3-11(4-9(18)19)14(5-8(13)17)1-2-15(11)6-10(20)21/h1-2H,3-6H2,(H2,12,16)(H2,13,17)(H,18,19)(H,20,21).